The SMILES string of the molecule is C=CCN1C(=O)[C@@]2(O[C@@H](CCn3cc(C(CO)c4ccccc4)nn3)[C@H]([Si](C)(C)O)[C@H]2C)c2cc(NC(=O)c3ccc(N)cc3)ccc21. The monoisotopic (exact) mass is 666 g/mol. The minimum atomic E-state index is -2.90. The van der Waals surface area contributed by atoms with Crippen molar-refractivity contribution >= 4 is 37.2 Å². The first-order valence-corrected chi connectivity index (χ1v) is 19.2. The molecule has 1 unspecified atom stereocenters. The van der Waals surface area contributed by atoms with Gasteiger partial charge in [-0.1, -0.05) is 48.5 Å². The molecular weight excluding hydrogens is 625 g/mol. The van der Waals surface area contributed by atoms with Crippen LogP contribution in [0.2, 0.25) is 18.6 Å². The normalized spacial score (nSPS) is 22.6. The number of amides is 2. The van der Waals surface area contributed by atoms with Gasteiger partial charge in [0.05, 0.1) is 30.0 Å². The molecule has 250 valence electrons. The van der Waals surface area contributed by atoms with Gasteiger partial charge in [0.1, 0.15) is 0 Å². The summed E-state index contributed by atoms with van der Waals surface area (Å²) in [7, 11) is -2.90. The molecule has 3 heterocycles. The van der Waals surface area contributed by atoms with E-state index in [0.717, 1.165) is 5.56 Å². The number of hydrogen-bond acceptors (Lipinski definition) is 8. The maximum absolute atomic E-state index is 14.4. The number of anilines is 3. The zero-order valence-corrected chi connectivity index (χ0v) is 28.4. The van der Waals surface area contributed by atoms with Crippen LogP contribution in [0.15, 0.2) is 91.6 Å². The van der Waals surface area contributed by atoms with Crippen molar-refractivity contribution in [1.29, 1.82) is 0 Å². The Kier molecular flexibility index (Phi) is 9.09. The fourth-order valence-corrected chi connectivity index (χ4v) is 10.1. The van der Waals surface area contributed by atoms with Crippen molar-refractivity contribution in [3.05, 3.63) is 114 Å². The summed E-state index contributed by atoms with van der Waals surface area (Å²) in [4.78, 5) is 40.9. The van der Waals surface area contributed by atoms with Crippen LogP contribution in [0.1, 0.15) is 46.4 Å². The lowest BCUT2D eigenvalue weighted by atomic mass is 9.82. The van der Waals surface area contributed by atoms with Crippen LogP contribution in [0.25, 0.3) is 0 Å². The Morgan fingerprint density at radius 1 is 1.17 bits per heavy atom. The number of rotatable bonds is 11. The number of nitrogen functional groups attached to an aromatic ring is 1. The van der Waals surface area contributed by atoms with Gasteiger partial charge in [0.15, 0.2) is 13.9 Å². The minimum Gasteiger partial charge on any atom is -0.432 e. The second-order valence-electron chi connectivity index (χ2n) is 13.2. The molecule has 2 aliphatic heterocycles. The van der Waals surface area contributed by atoms with E-state index in [-0.39, 0.29) is 42.3 Å². The van der Waals surface area contributed by atoms with Crippen molar-refractivity contribution in [2.75, 3.05) is 29.1 Å². The maximum Gasteiger partial charge on any atom is 0.264 e. The highest BCUT2D eigenvalue weighted by Gasteiger charge is 2.66. The molecule has 0 bridgehead atoms. The number of carbonyl (C=O) groups excluding carboxylic acids is 2. The zero-order chi connectivity index (χ0) is 34.2. The van der Waals surface area contributed by atoms with Crippen molar-refractivity contribution in [3.8, 4) is 0 Å². The van der Waals surface area contributed by atoms with Crippen LogP contribution in [0.3, 0.4) is 0 Å². The first-order chi connectivity index (χ1) is 23.0. The largest absolute Gasteiger partial charge is 0.432 e. The van der Waals surface area contributed by atoms with Gasteiger partial charge >= 0.3 is 0 Å². The third-order valence-electron chi connectivity index (χ3n) is 9.67. The number of hydrogen-bond donors (Lipinski definition) is 4. The van der Waals surface area contributed by atoms with Gasteiger partial charge in [0, 0.05) is 53.2 Å². The number of benzene rings is 3. The molecule has 48 heavy (non-hydrogen) atoms. The average molecular weight is 667 g/mol. The molecule has 5 atom stereocenters. The van der Waals surface area contributed by atoms with Crippen LogP contribution in [-0.4, -0.2) is 64.3 Å². The van der Waals surface area contributed by atoms with Crippen molar-refractivity contribution in [2.45, 2.75) is 56.1 Å². The molecule has 6 rings (SSSR count). The Balaban J connectivity index is 1.30. The summed E-state index contributed by atoms with van der Waals surface area (Å²) in [5, 5.41) is 21.8. The van der Waals surface area contributed by atoms with Crippen molar-refractivity contribution in [3.63, 3.8) is 0 Å². The van der Waals surface area contributed by atoms with Crippen LogP contribution in [0.4, 0.5) is 17.1 Å². The smallest absolute Gasteiger partial charge is 0.264 e. The molecule has 12 heteroatoms. The van der Waals surface area contributed by atoms with Gasteiger partial charge in [-0.3, -0.25) is 14.3 Å². The quantitative estimate of drug-likeness (QED) is 0.102. The highest BCUT2D eigenvalue weighted by molar-refractivity contribution is 6.71. The average Bonchev–Trinajstić information content (AvgIpc) is 3.71. The third-order valence-corrected chi connectivity index (χ3v) is 12.2. The highest BCUT2D eigenvalue weighted by atomic mass is 28.4. The molecule has 1 saturated heterocycles. The summed E-state index contributed by atoms with van der Waals surface area (Å²) in [5.74, 6) is -1.20. The molecule has 0 aliphatic carbocycles. The van der Waals surface area contributed by atoms with E-state index < -0.39 is 20.0 Å². The molecule has 5 N–H and O–H groups in total. The van der Waals surface area contributed by atoms with Crippen LogP contribution in [-0.2, 0) is 21.7 Å². The fraction of sp³-hybridized carbons (Fsp3) is 0.333. The number of aliphatic hydroxyl groups excluding tert-OH is 1. The summed E-state index contributed by atoms with van der Waals surface area (Å²) in [6.07, 6.45) is 3.52. The number of nitrogens with one attached hydrogen (secondary N) is 1. The van der Waals surface area contributed by atoms with Crippen LogP contribution < -0.4 is 16.0 Å². The lowest BCUT2D eigenvalue weighted by molar-refractivity contribution is -0.145. The summed E-state index contributed by atoms with van der Waals surface area (Å²) in [6, 6.07) is 21.7. The summed E-state index contributed by atoms with van der Waals surface area (Å²) >= 11 is 0. The summed E-state index contributed by atoms with van der Waals surface area (Å²) < 4.78 is 8.65. The van der Waals surface area contributed by atoms with Crippen molar-refractivity contribution in [1.82, 2.24) is 15.0 Å². The maximum atomic E-state index is 14.4. The van der Waals surface area contributed by atoms with Crippen LogP contribution in [0, 0.1) is 5.92 Å². The van der Waals surface area contributed by atoms with Gasteiger partial charge in [0.2, 0.25) is 0 Å². The number of aromatic nitrogens is 3. The molecule has 1 spiro atoms. The third kappa shape index (κ3) is 5.96. The van der Waals surface area contributed by atoms with E-state index in [1.807, 2.05) is 68.7 Å². The Hall–Kier alpha value is -4.62. The standard InChI is InChI=1S/C36H42N6O5Si/c1-5-18-42-31-16-15-27(38-34(44)25-11-13-26(37)14-12-25)20-29(31)36(35(42)45)23(2)33(48(3,4)46)32(47-36)17-19-41-21-30(39-40-41)28(22-43)24-9-7-6-8-10-24/h5-16,20-21,23,28,32-33,43,46H,1,17-19,22,37H2,2-4H3,(H,38,44)/t23-,28?,32+,33-,36+/m1/s1. The van der Waals surface area contributed by atoms with Gasteiger partial charge in [-0.15, -0.1) is 11.7 Å². The van der Waals surface area contributed by atoms with E-state index in [9.17, 15) is 19.5 Å². The van der Waals surface area contributed by atoms with E-state index >= 15 is 0 Å². The molecule has 2 aliphatic rings. The molecule has 0 radical (unpaired) electrons. The van der Waals surface area contributed by atoms with Gasteiger partial charge in [-0.2, -0.15) is 0 Å². The molecule has 4 aromatic rings. The molecule has 1 aromatic heterocycles. The summed E-state index contributed by atoms with van der Waals surface area (Å²) in [5.41, 5.74) is 8.61. The first-order valence-electron chi connectivity index (χ1n) is 16.2. The number of carbonyl (C=O) groups is 2. The zero-order valence-electron chi connectivity index (χ0n) is 27.4. The first kappa shape index (κ1) is 33.3. The predicted molar refractivity (Wildman–Crippen MR) is 187 cm³/mol. The fourth-order valence-electron chi connectivity index (χ4n) is 7.47. The molecular formula is C36H42N6O5Si. The van der Waals surface area contributed by atoms with Crippen LogP contribution >= 0.6 is 0 Å². The number of nitrogens with zero attached hydrogens (tertiary/aromatic N) is 4. The van der Waals surface area contributed by atoms with E-state index in [4.69, 9.17) is 10.5 Å². The molecule has 2 amide bonds. The second-order valence-corrected chi connectivity index (χ2v) is 17.2. The van der Waals surface area contributed by atoms with E-state index in [1.54, 1.807) is 46.0 Å². The Morgan fingerprint density at radius 2 is 1.90 bits per heavy atom. The van der Waals surface area contributed by atoms with Gasteiger partial charge < -0.3 is 30.6 Å². The number of aliphatic hydroxyl groups is 1. The number of aryl methyl sites for hydroxylation is 1. The second kappa shape index (κ2) is 13.1. The van der Waals surface area contributed by atoms with Gasteiger partial charge in [0.25, 0.3) is 11.8 Å². The Labute approximate surface area is 281 Å². The van der Waals surface area contributed by atoms with E-state index in [2.05, 4.69) is 22.2 Å². The lowest BCUT2D eigenvalue weighted by Crippen LogP contribution is -2.46. The molecule has 0 saturated carbocycles. The van der Waals surface area contributed by atoms with Gasteiger partial charge in [-0.05, 0) is 67.5 Å². The lowest BCUT2D eigenvalue weighted by Gasteiger charge is -2.32. The van der Waals surface area contributed by atoms with Crippen LogP contribution in [0.5, 0.6) is 0 Å². The van der Waals surface area contributed by atoms with Crippen molar-refractivity contribution < 1.29 is 24.2 Å². The Morgan fingerprint density at radius 3 is 2.56 bits per heavy atom. The van der Waals surface area contributed by atoms with E-state index in [1.165, 1.54) is 0 Å². The summed E-state index contributed by atoms with van der Waals surface area (Å²) in [6.45, 7) is 10.2. The molecule has 1 fully saturated rings. The molecule has 11 nitrogen and oxygen atoms in total. The topological polar surface area (TPSA) is 156 Å². The van der Waals surface area contributed by atoms with E-state index in [0.29, 0.717) is 46.8 Å². The van der Waals surface area contributed by atoms with Crippen molar-refractivity contribution in [2.24, 2.45) is 5.92 Å². The predicted octanol–water partition coefficient (Wildman–Crippen LogP) is 4.66. The highest BCUT2D eigenvalue weighted by Crippen LogP contribution is 2.60. The number of nitrogens with two attached hydrogens (primary N) is 1. The minimum absolute atomic E-state index is 0.105. The number of ether oxygens (including phenoxy) is 1. The molecule has 3 aromatic carbocycles. The number of fused-ring (bicyclic) bond motifs is 2. The Bertz CT molecular complexity index is 1810. The van der Waals surface area contributed by atoms with Gasteiger partial charge in [-0.25, -0.2) is 0 Å².